The van der Waals surface area contributed by atoms with E-state index in [0.717, 1.165) is 61.1 Å². The maximum atomic E-state index is 9.92. The van der Waals surface area contributed by atoms with Gasteiger partial charge in [-0.3, -0.25) is 0 Å². The first kappa shape index (κ1) is 37.1. The van der Waals surface area contributed by atoms with E-state index in [2.05, 4.69) is 160 Å². The first-order valence-corrected chi connectivity index (χ1v) is 21.1. The van der Waals surface area contributed by atoms with E-state index in [-0.39, 0.29) is 10.8 Å². The Kier molecular flexibility index (Phi) is 8.27. The van der Waals surface area contributed by atoms with Crippen LogP contribution in [0.3, 0.4) is 0 Å². The minimum absolute atomic E-state index is 0.153. The minimum atomic E-state index is -0.186. The van der Waals surface area contributed by atoms with Crippen molar-refractivity contribution in [2.75, 3.05) is 0 Å². The van der Waals surface area contributed by atoms with Crippen molar-refractivity contribution in [1.29, 1.82) is 5.26 Å². The molecule has 2 aliphatic rings. The van der Waals surface area contributed by atoms with Crippen LogP contribution in [0.15, 0.2) is 170 Å². The van der Waals surface area contributed by atoms with Crippen molar-refractivity contribution in [3.63, 3.8) is 0 Å². The normalized spacial score (nSPS) is 13.7. The Morgan fingerprint density at radius 1 is 0.452 bits per heavy atom. The zero-order chi connectivity index (χ0) is 42.3. The van der Waals surface area contributed by atoms with Crippen molar-refractivity contribution in [3.05, 3.63) is 209 Å². The van der Waals surface area contributed by atoms with Crippen LogP contribution in [0.2, 0.25) is 0 Å². The van der Waals surface area contributed by atoms with Crippen molar-refractivity contribution < 1.29 is 0 Å². The van der Waals surface area contributed by atoms with Gasteiger partial charge in [0.05, 0.1) is 29.4 Å². The summed E-state index contributed by atoms with van der Waals surface area (Å²) in [6, 6.07) is 62.0. The average Bonchev–Trinajstić information content (AvgIpc) is 3.69. The molecule has 0 saturated carbocycles. The molecule has 1 heterocycles. The van der Waals surface area contributed by atoms with Crippen molar-refractivity contribution >= 4 is 16.6 Å². The number of nitriles is 1. The third-order valence-electron chi connectivity index (χ3n) is 13.3. The molecule has 0 fully saturated rings. The second kappa shape index (κ2) is 13.8. The quantitative estimate of drug-likeness (QED) is 0.163. The summed E-state index contributed by atoms with van der Waals surface area (Å²) in [6.45, 7) is 16.9. The largest absolute Gasteiger partial charge is 0.238 e. The lowest BCUT2D eigenvalue weighted by Crippen LogP contribution is -2.15. The molecule has 0 bridgehead atoms. The van der Waals surface area contributed by atoms with Crippen LogP contribution < -0.4 is 0 Å². The number of fused-ring (bicyclic) bond motifs is 7. The molecular formula is C58H40N4. The maximum absolute atomic E-state index is 9.92. The van der Waals surface area contributed by atoms with E-state index in [1.807, 2.05) is 48.5 Å². The number of nitrogens with zero attached hydrogens (tertiary/aromatic N) is 4. The van der Waals surface area contributed by atoms with Gasteiger partial charge in [0.2, 0.25) is 0 Å². The van der Waals surface area contributed by atoms with Crippen molar-refractivity contribution in [3.8, 4) is 84.3 Å². The Balaban J connectivity index is 1.18. The van der Waals surface area contributed by atoms with Gasteiger partial charge in [-0.05, 0) is 115 Å². The molecular weight excluding hydrogens is 753 g/mol. The minimum Gasteiger partial charge on any atom is -0.238 e. The Morgan fingerprint density at radius 2 is 1.02 bits per heavy atom. The molecule has 4 nitrogen and oxygen atoms in total. The Hall–Kier alpha value is -7.92. The Morgan fingerprint density at radius 3 is 1.69 bits per heavy atom. The maximum Gasteiger partial charge on any atom is 0.187 e. The van der Waals surface area contributed by atoms with Gasteiger partial charge in [0.25, 0.3) is 0 Å². The number of rotatable bonds is 5. The van der Waals surface area contributed by atoms with E-state index in [1.165, 1.54) is 44.5 Å². The van der Waals surface area contributed by atoms with E-state index in [9.17, 15) is 5.26 Å². The molecule has 0 atom stereocenters. The summed E-state index contributed by atoms with van der Waals surface area (Å²) in [5.41, 5.74) is 20.9. The van der Waals surface area contributed by atoms with E-state index >= 15 is 0 Å². The van der Waals surface area contributed by atoms with Crippen LogP contribution in [0.25, 0.3) is 94.0 Å². The summed E-state index contributed by atoms with van der Waals surface area (Å²) >= 11 is 0. The van der Waals surface area contributed by atoms with Crippen LogP contribution in [0.5, 0.6) is 0 Å². The SMILES string of the molecule is [C-]#[N+]c1cccc(-c2ccc(-c3nc(-c4cccc(C#N)c4)nc4c(-c5ccc6c(c5)C(C)(C)c5ccccc5-6)cc(-c5ccc6c(c5)C(C)(C)c5ccccc5-6)cc34)cc2)c1. The molecule has 0 aliphatic heterocycles. The molecule has 0 spiro atoms. The monoisotopic (exact) mass is 792 g/mol. The van der Waals surface area contributed by atoms with Gasteiger partial charge >= 0.3 is 0 Å². The van der Waals surface area contributed by atoms with Gasteiger partial charge in [-0.25, -0.2) is 14.8 Å². The van der Waals surface area contributed by atoms with Crippen LogP contribution in [0.1, 0.15) is 55.5 Å². The molecule has 4 heteroatoms. The molecule has 0 N–H and O–H groups in total. The Labute approximate surface area is 362 Å². The fourth-order valence-corrected chi connectivity index (χ4v) is 10.0. The van der Waals surface area contributed by atoms with Gasteiger partial charge in [0.15, 0.2) is 11.5 Å². The molecule has 8 aromatic carbocycles. The van der Waals surface area contributed by atoms with Crippen molar-refractivity contribution in [2.24, 2.45) is 0 Å². The molecule has 0 unspecified atom stereocenters. The van der Waals surface area contributed by atoms with Crippen molar-refractivity contribution in [1.82, 2.24) is 9.97 Å². The highest BCUT2D eigenvalue weighted by molar-refractivity contribution is 6.05. The topological polar surface area (TPSA) is 53.9 Å². The van der Waals surface area contributed by atoms with Gasteiger partial charge in [-0.15, -0.1) is 0 Å². The first-order chi connectivity index (χ1) is 30.1. The first-order valence-electron chi connectivity index (χ1n) is 21.1. The molecule has 0 radical (unpaired) electrons. The smallest absolute Gasteiger partial charge is 0.187 e. The zero-order valence-corrected chi connectivity index (χ0v) is 35.0. The summed E-state index contributed by atoms with van der Waals surface area (Å²) in [6.07, 6.45) is 0. The highest BCUT2D eigenvalue weighted by atomic mass is 14.9. The third kappa shape index (κ3) is 5.72. The number of benzene rings is 8. The molecule has 1 aromatic heterocycles. The average molecular weight is 793 g/mol. The summed E-state index contributed by atoms with van der Waals surface area (Å²) in [5.74, 6) is 0.554. The molecule has 2 aliphatic carbocycles. The van der Waals surface area contributed by atoms with Gasteiger partial charge < -0.3 is 0 Å². The molecule has 0 saturated heterocycles. The van der Waals surface area contributed by atoms with E-state index in [0.29, 0.717) is 17.1 Å². The van der Waals surface area contributed by atoms with Crippen LogP contribution in [-0.4, -0.2) is 9.97 Å². The number of hydrogen-bond acceptors (Lipinski definition) is 3. The summed E-state index contributed by atoms with van der Waals surface area (Å²) in [7, 11) is 0. The van der Waals surface area contributed by atoms with Crippen LogP contribution in [0.4, 0.5) is 5.69 Å². The highest BCUT2D eigenvalue weighted by Crippen LogP contribution is 2.52. The summed E-state index contributed by atoms with van der Waals surface area (Å²) < 4.78 is 0. The van der Waals surface area contributed by atoms with E-state index in [1.54, 1.807) is 0 Å². The second-order valence-electron chi connectivity index (χ2n) is 17.6. The predicted molar refractivity (Wildman–Crippen MR) is 253 cm³/mol. The Bertz CT molecular complexity index is 3430. The standard InChI is InChI=1S/C58H40N4/c1-57(2)50-18-8-6-16-44(50)46-26-24-39(32-52(46)57)42-30-48(40-25-27-47-45-17-7-9-19-51(45)58(3,4)53(47)33-40)55-49(31-42)54(61-56(62-55)41-14-10-12-35(28-41)34-59)37-22-20-36(21-23-37)38-13-11-15-43(29-38)60-5/h6-33H,1-4H3. The van der Waals surface area contributed by atoms with Gasteiger partial charge in [0.1, 0.15) is 0 Å². The molecule has 11 rings (SSSR count). The summed E-state index contributed by atoms with van der Waals surface area (Å²) in [5, 5.41) is 10.9. The van der Waals surface area contributed by atoms with Gasteiger partial charge in [-0.2, -0.15) is 5.26 Å². The van der Waals surface area contributed by atoms with Gasteiger partial charge in [-0.1, -0.05) is 155 Å². The van der Waals surface area contributed by atoms with E-state index in [4.69, 9.17) is 16.5 Å². The van der Waals surface area contributed by atoms with E-state index < -0.39 is 0 Å². The van der Waals surface area contributed by atoms with Crippen LogP contribution in [0, 0.1) is 17.9 Å². The molecule has 9 aromatic rings. The lowest BCUT2D eigenvalue weighted by atomic mass is 9.81. The predicted octanol–water partition coefficient (Wildman–Crippen LogP) is 15.0. The zero-order valence-electron chi connectivity index (χ0n) is 35.0. The number of hydrogen-bond donors (Lipinski definition) is 0. The van der Waals surface area contributed by atoms with Crippen LogP contribution in [-0.2, 0) is 10.8 Å². The lowest BCUT2D eigenvalue weighted by molar-refractivity contribution is 0.660. The lowest BCUT2D eigenvalue weighted by Gasteiger charge is -2.23. The molecule has 62 heavy (non-hydrogen) atoms. The fourth-order valence-electron chi connectivity index (χ4n) is 10.0. The van der Waals surface area contributed by atoms with Crippen LogP contribution >= 0.6 is 0 Å². The van der Waals surface area contributed by atoms with Crippen molar-refractivity contribution in [2.45, 2.75) is 38.5 Å². The summed E-state index contributed by atoms with van der Waals surface area (Å²) in [4.78, 5) is 14.5. The highest BCUT2D eigenvalue weighted by Gasteiger charge is 2.37. The fraction of sp³-hybridized carbons (Fsp3) is 0.103. The van der Waals surface area contributed by atoms with Gasteiger partial charge in [0, 0.05) is 32.9 Å². The number of aromatic nitrogens is 2. The molecule has 292 valence electrons. The molecule has 0 amide bonds. The third-order valence-corrected chi connectivity index (χ3v) is 13.3. The second-order valence-corrected chi connectivity index (χ2v) is 17.6.